The highest BCUT2D eigenvalue weighted by atomic mass is 35.5. The molecule has 1 aromatic rings. The molecule has 4 nitrogen and oxygen atoms in total. The van der Waals surface area contributed by atoms with Crippen LogP contribution in [0, 0.1) is 0 Å². The van der Waals surface area contributed by atoms with E-state index in [9.17, 15) is 4.79 Å². The molecule has 0 aliphatic carbocycles. The van der Waals surface area contributed by atoms with E-state index in [2.05, 4.69) is 4.98 Å². The predicted molar refractivity (Wildman–Crippen MR) is 58.3 cm³/mol. The lowest BCUT2D eigenvalue weighted by atomic mass is 10.2. The van der Waals surface area contributed by atoms with E-state index in [1.165, 1.54) is 4.57 Å². The van der Waals surface area contributed by atoms with Gasteiger partial charge in [0, 0.05) is 24.7 Å². The number of hydrogen-bond donors (Lipinski definition) is 0. The van der Waals surface area contributed by atoms with Crippen LogP contribution < -0.4 is 0 Å². The van der Waals surface area contributed by atoms with E-state index in [1.54, 1.807) is 12.4 Å². The number of carbonyl (C=O) groups is 1. The molecule has 0 saturated carbocycles. The molecule has 1 rings (SSSR count). The molecule has 0 spiro atoms. The lowest BCUT2D eigenvalue weighted by Gasteiger charge is -2.19. The summed E-state index contributed by atoms with van der Waals surface area (Å²) in [6.07, 6.45) is 3.27. The average molecular weight is 231 g/mol. The molecule has 1 aromatic heterocycles. The van der Waals surface area contributed by atoms with Gasteiger partial charge in [0.25, 0.3) is 0 Å². The van der Waals surface area contributed by atoms with Crippen molar-refractivity contribution in [3.05, 3.63) is 18.2 Å². The van der Waals surface area contributed by atoms with Gasteiger partial charge in [-0.1, -0.05) is 0 Å². The molecule has 15 heavy (non-hydrogen) atoms. The van der Waals surface area contributed by atoms with Crippen molar-refractivity contribution in [3.63, 3.8) is 0 Å². The summed E-state index contributed by atoms with van der Waals surface area (Å²) in [5, 5.41) is 0. The molecule has 0 aliphatic heterocycles. The zero-order valence-corrected chi connectivity index (χ0v) is 9.91. The minimum absolute atomic E-state index is 0.417. The summed E-state index contributed by atoms with van der Waals surface area (Å²) in [7, 11) is 0. The molecule has 5 heteroatoms. The fourth-order valence-electron chi connectivity index (χ4n) is 1.08. The molecular weight excluding hydrogens is 216 g/mol. The van der Waals surface area contributed by atoms with Gasteiger partial charge in [0.2, 0.25) is 0 Å². The standard InChI is InChI=1S/C10H15ClN2O2/c1-10(2,3)15-9(14)13-7-6-12-8(13)4-5-11/h6-7H,4-5H2,1-3H3. The molecule has 0 N–H and O–H groups in total. The first-order chi connectivity index (χ1) is 6.94. The van der Waals surface area contributed by atoms with Gasteiger partial charge >= 0.3 is 6.09 Å². The van der Waals surface area contributed by atoms with Crippen LogP contribution in [0.25, 0.3) is 0 Å². The molecule has 84 valence electrons. The first-order valence-corrected chi connectivity index (χ1v) is 5.29. The van der Waals surface area contributed by atoms with Crippen LogP contribution in [0.5, 0.6) is 0 Å². The second-order valence-electron chi connectivity index (χ2n) is 4.13. The van der Waals surface area contributed by atoms with Crippen LogP contribution in [0.15, 0.2) is 12.4 Å². The number of rotatable bonds is 2. The maximum Gasteiger partial charge on any atom is 0.419 e. The zero-order valence-electron chi connectivity index (χ0n) is 9.16. The summed E-state index contributed by atoms with van der Waals surface area (Å²) in [6, 6.07) is 0. The minimum Gasteiger partial charge on any atom is -0.443 e. The third-order valence-corrected chi connectivity index (χ3v) is 1.81. The van der Waals surface area contributed by atoms with Gasteiger partial charge in [0.05, 0.1) is 0 Å². The summed E-state index contributed by atoms with van der Waals surface area (Å²) in [5.41, 5.74) is -0.500. The molecule has 0 atom stereocenters. The van der Waals surface area contributed by atoms with Crippen LogP contribution in [-0.2, 0) is 11.2 Å². The summed E-state index contributed by atoms with van der Waals surface area (Å²) in [6.45, 7) is 5.47. The molecule has 0 amide bonds. The highest BCUT2D eigenvalue weighted by Crippen LogP contribution is 2.10. The maximum atomic E-state index is 11.7. The van der Waals surface area contributed by atoms with Crippen LogP contribution in [0.2, 0.25) is 0 Å². The smallest absolute Gasteiger partial charge is 0.419 e. The van der Waals surface area contributed by atoms with E-state index in [0.29, 0.717) is 18.1 Å². The quantitative estimate of drug-likeness (QED) is 0.733. The fourth-order valence-corrected chi connectivity index (χ4v) is 1.25. The highest BCUT2D eigenvalue weighted by Gasteiger charge is 2.19. The molecular formula is C10H15ClN2O2. The number of nitrogens with zero attached hydrogens (tertiary/aromatic N) is 2. The van der Waals surface area contributed by atoms with E-state index in [-0.39, 0.29) is 0 Å². The molecule has 0 aliphatic rings. The molecule has 0 saturated heterocycles. The van der Waals surface area contributed by atoms with Crippen molar-refractivity contribution in [2.45, 2.75) is 32.8 Å². The Labute approximate surface area is 94.2 Å². The zero-order chi connectivity index (χ0) is 11.5. The Hall–Kier alpha value is -1.03. The van der Waals surface area contributed by atoms with Crippen LogP contribution in [0.4, 0.5) is 4.79 Å². The first-order valence-electron chi connectivity index (χ1n) is 4.75. The molecule has 0 unspecified atom stereocenters. The van der Waals surface area contributed by atoms with Crippen molar-refractivity contribution in [1.82, 2.24) is 9.55 Å². The van der Waals surface area contributed by atoms with Gasteiger partial charge in [-0.05, 0) is 20.8 Å². The van der Waals surface area contributed by atoms with Gasteiger partial charge in [-0.3, -0.25) is 0 Å². The predicted octanol–water partition coefficient (Wildman–Crippen LogP) is 2.45. The number of aromatic nitrogens is 2. The van der Waals surface area contributed by atoms with E-state index in [1.807, 2.05) is 20.8 Å². The van der Waals surface area contributed by atoms with Gasteiger partial charge in [-0.15, -0.1) is 11.6 Å². The topological polar surface area (TPSA) is 44.1 Å². The van der Waals surface area contributed by atoms with E-state index in [0.717, 1.165) is 0 Å². The monoisotopic (exact) mass is 230 g/mol. The second kappa shape index (κ2) is 4.66. The Morgan fingerprint density at radius 1 is 1.60 bits per heavy atom. The summed E-state index contributed by atoms with van der Waals surface area (Å²) < 4.78 is 6.59. The second-order valence-corrected chi connectivity index (χ2v) is 4.51. The molecule has 0 fully saturated rings. The summed E-state index contributed by atoms with van der Waals surface area (Å²) in [4.78, 5) is 15.7. The van der Waals surface area contributed by atoms with Crippen LogP contribution in [0.3, 0.4) is 0 Å². The minimum atomic E-state index is -0.500. The van der Waals surface area contributed by atoms with Crippen molar-refractivity contribution < 1.29 is 9.53 Å². The lowest BCUT2D eigenvalue weighted by molar-refractivity contribution is 0.0532. The number of ether oxygens (including phenoxy) is 1. The Morgan fingerprint density at radius 3 is 2.80 bits per heavy atom. The highest BCUT2D eigenvalue weighted by molar-refractivity contribution is 6.17. The van der Waals surface area contributed by atoms with Gasteiger partial charge in [0.1, 0.15) is 11.4 Å². The van der Waals surface area contributed by atoms with Crippen LogP contribution in [0.1, 0.15) is 26.6 Å². The maximum absolute atomic E-state index is 11.7. The molecule has 1 heterocycles. The van der Waals surface area contributed by atoms with Crippen molar-refractivity contribution >= 4 is 17.7 Å². The number of aryl methyl sites for hydroxylation is 1. The van der Waals surface area contributed by atoms with Gasteiger partial charge in [0.15, 0.2) is 0 Å². The first kappa shape index (κ1) is 12.0. The third kappa shape index (κ3) is 3.55. The Morgan fingerprint density at radius 2 is 2.27 bits per heavy atom. The number of alkyl halides is 1. The molecule has 0 aromatic carbocycles. The third-order valence-electron chi connectivity index (χ3n) is 1.63. The number of carbonyl (C=O) groups excluding carboxylic acids is 1. The number of hydrogen-bond acceptors (Lipinski definition) is 3. The normalized spacial score (nSPS) is 11.5. The largest absolute Gasteiger partial charge is 0.443 e. The van der Waals surface area contributed by atoms with Crippen LogP contribution in [-0.4, -0.2) is 27.1 Å². The van der Waals surface area contributed by atoms with Gasteiger partial charge < -0.3 is 4.74 Å². The van der Waals surface area contributed by atoms with Gasteiger partial charge in [-0.2, -0.15) is 0 Å². The average Bonchev–Trinajstić information content (AvgIpc) is 2.49. The lowest BCUT2D eigenvalue weighted by Crippen LogP contribution is -2.27. The summed E-state index contributed by atoms with van der Waals surface area (Å²) in [5.74, 6) is 1.05. The Balaban J connectivity index is 2.77. The van der Waals surface area contributed by atoms with Crippen LogP contribution >= 0.6 is 11.6 Å². The van der Waals surface area contributed by atoms with Crippen molar-refractivity contribution in [2.24, 2.45) is 0 Å². The molecule has 0 radical (unpaired) electrons. The van der Waals surface area contributed by atoms with E-state index in [4.69, 9.17) is 16.3 Å². The summed E-state index contributed by atoms with van der Waals surface area (Å²) >= 11 is 5.60. The van der Waals surface area contributed by atoms with E-state index >= 15 is 0 Å². The van der Waals surface area contributed by atoms with Crippen molar-refractivity contribution in [1.29, 1.82) is 0 Å². The number of halogens is 1. The molecule has 0 bridgehead atoms. The Kier molecular flexibility index (Phi) is 3.74. The Bertz CT molecular complexity index is 341. The van der Waals surface area contributed by atoms with Crippen molar-refractivity contribution in [2.75, 3.05) is 5.88 Å². The SMILES string of the molecule is CC(C)(C)OC(=O)n1ccnc1CCCl. The van der Waals surface area contributed by atoms with Crippen molar-refractivity contribution in [3.8, 4) is 0 Å². The van der Waals surface area contributed by atoms with Gasteiger partial charge in [-0.25, -0.2) is 14.3 Å². The number of imidazole rings is 1. The van der Waals surface area contributed by atoms with E-state index < -0.39 is 11.7 Å². The fraction of sp³-hybridized carbons (Fsp3) is 0.600.